The lowest BCUT2D eigenvalue weighted by atomic mass is 10.2. The van der Waals surface area contributed by atoms with Gasteiger partial charge in [-0.25, -0.2) is 9.97 Å². The highest BCUT2D eigenvalue weighted by Gasteiger charge is 2.29. The van der Waals surface area contributed by atoms with Gasteiger partial charge in [-0.3, -0.25) is 0 Å². The Labute approximate surface area is 125 Å². The van der Waals surface area contributed by atoms with Crippen LogP contribution in [0.5, 0.6) is 0 Å². The molecular weight excluding hydrogens is 413 g/mol. The monoisotopic (exact) mass is 421 g/mol. The smallest absolute Gasteiger partial charge is 0.171 e. The van der Waals surface area contributed by atoms with Crippen LogP contribution in [0.4, 0.5) is 5.82 Å². The largest absolute Gasteiger partial charge is 0.383 e. The van der Waals surface area contributed by atoms with Gasteiger partial charge in [0.15, 0.2) is 5.82 Å². The van der Waals surface area contributed by atoms with Crippen LogP contribution in [-0.4, -0.2) is 9.97 Å². The van der Waals surface area contributed by atoms with Crippen molar-refractivity contribution in [2.45, 2.75) is 18.8 Å². The third-order valence-corrected chi connectivity index (χ3v) is 5.38. The molecule has 0 unspecified atom stereocenters. The Kier molecular flexibility index (Phi) is 3.12. The lowest BCUT2D eigenvalue weighted by molar-refractivity contribution is 0.985. The van der Waals surface area contributed by atoms with E-state index in [0.717, 1.165) is 23.8 Å². The van der Waals surface area contributed by atoms with E-state index in [1.54, 1.807) is 11.3 Å². The second kappa shape index (κ2) is 4.47. The van der Waals surface area contributed by atoms with E-state index >= 15 is 0 Å². The molecule has 17 heavy (non-hydrogen) atoms. The molecule has 1 aliphatic rings. The molecule has 1 aliphatic carbocycles. The van der Waals surface area contributed by atoms with Crippen molar-refractivity contribution < 1.29 is 0 Å². The fourth-order valence-corrected chi connectivity index (χ4v) is 3.66. The molecular formula is C11H9BrIN3S. The quantitative estimate of drug-likeness (QED) is 0.744. The van der Waals surface area contributed by atoms with E-state index in [1.807, 2.05) is 12.1 Å². The van der Waals surface area contributed by atoms with E-state index in [4.69, 9.17) is 5.73 Å². The molecule has 0 saturated heterocycles. The second-order valence-corrected chi connectivity index (χ2v) is 7.55. The van der Waals surface area contributed by atoms with Gasteiger partial charge >= 0.3 is 0 Å². The molecule has 0 aromatic carbocycles. The first-order valence-corrected chi connectivity index (χ1v) is 7.92. The predicted octanol–water partition coefficient (Wildman–Crippen LogP) is 4.03. The molecule has 2 heterocycles. The van der Waals surface area contributed by atoms with Gasteiger partial charge in [0.1, 0.15) is 5.82 Å². The maximum atomic E-state index is 5.97. The first-order valence-electron chi connectivity index (χ1n) is 5.24. The summed E-state index contributed by atoms with van der Waals surface area (Å²) in [5, 5.41) is 0. The van der Waals surface area contributed by atoms with E-state index in [0.29, 0.717) is 11.7 Å². The van der Waals surface area contributed by atoms with Gasteiger partial charge in [-0.2, -0.15) is 0 Å². The van der Waals surface area contributed by atoms with Gasteiger partial charge in [-0.1, -0.05) is 0 Å². The minimum absolute atomic E-state index is 0.592. The molecule has 1 saturated carbocycles. The van der Waals surface area contributed by atoms with Crippen LogP contribution >= 0.6 is 49.9 Å². The molecule has 0 atom stereocenters. The summed E-state index contributed by atoms with van der Waals surface area (Å²) in [6, 6.07) is 4.03. The second-order valence-electron chi connectivity index (χ2n) is 4.01. The Bertz CT molecular complexity index is 580. The molecule has 2 aromatic rings. The van der Waals surface area contributed by atoms with Gasteiger partial charge in [-0.05, 0) is 63.5 Å². The van der Waals surface area contributed by atoms with Gasteiger partial charge in [-0.15, -0.1) is 11.3 Å². The van der Waals surface area contributed by atoms with Crippen LogP contribution in [0, 0.1) is 3.57 Å². The van der Waals surface area contributed by atoms with Crippen molar-refractivity contribution in [1.82, 2.24) is 9.97 Å². The van der Waals surface area contributed by atoms with Gasteiger partial charge < -0.3 is 5.73 Å². The SMILES string of the molecule is Nc1nc(-c2ccc(Br)s2)nc(C2CC2)c1I. The molecule has 3 rings (SSSR count). The fourth-order valence-electron chi connectivity index (χ4n) is 1.65. The molecule has 88 valence electrons. The minimum atomic E-state index is 0.592. The van der Waals surface area contributed by atoms with E-state index in [9.17, 15) is 0 Å². The average Bonchev–Trinajstić information content (AvgIpc) is 3.05. The van der Waals surface area contributed by atoms with E-state index in [-0.39, 0.29) is 0 Å². The number of nitrogen functional groups attached to an aromatic ring is 1. The Morgan fingerprint density at radius 3 is 2.71 bits per heavy atom. The van der Waals surface area contributed by atoms with E-state index in [1.165, 1.54) is 12.8 Å². The number of rotatable bonds is 2. The molecule has 6 heteroatoms. The summed E-state index contributed by atoms with van der Waals surface area (Å²) in [4.78, 5) is 10.1. The zero-order chi connectivity index (χ0) is 12.0. The molecule has 0 amide bonds. The number of nitrogens with zero attached hydrogens (tertiary/aromatic N) is 2. The zero-order valence-electron chi connectivity index (χ0n) is 8.78. The number of aromatic nitrogens is 2. The summed E-state index contributed by atoms with van der Waals surface area (Å²) in [5.41, 5.74) is 7.09. The van der Waals surface area contributed by atoms with Gasteiger partial charge in [0.2, 0.25) is 0 Å². The van der Waals surface area contributed by atoms with Crippen molar-refractivity contribution in [3.05, 3.63) is 25.2 Å². The third-order valence-electron chi connectivity index (χ3n) is 2.66. The molecule has 0 spiro atoms. The first-order chi connectivity index (χ1) is 8.15. The fraction of sp³-hybridized carbons (Fsp3) is 0.273. The van der Waals surface area contributed by atoms with Crippen LogP contribution in [0.2, 0.25) is 0 Å². The Morgan fingerprint density at radius 1 is 1.35 bits per heavy atom. The molecule has 1 fully saturated rings. The average molecular weight is 422 g/mol. The highest BCUT2D eigenvalue weighted by atomic mass is 127. The number of hydrogen-bond acceptors (Lipinski definition) is 4. The molecule has 0 radical (unpaired) electrons. The standard InChI is InChI=1S/C11H9BrIN3S/c12-7-4-3-6(17-7)11-15-9(5-1-2-5)8(13)10(14)16-11/h3-5H,1-2H2,(H2,14,15,16). The number of nitrogens with two attached hydrogens (primary N) is 1. The Hall–Kier alpha value is -0.210. The topological polar surface area (TPSA) is 51.8 Å². The van der Waals surface area contributed by atoms with Crippen LogP contribution in [0.25, 0.3) is 10.7 Å². The van der Waals surface area contributed by atoms with Crippen LogP contribution in [0.1, 0.15) is 24.5 Å². The van der Waals surface area contributed by atoms with Crippen LogP contribution in [0.3, 0.4) is 0 Å². The summed E-state index contributed by atoms with van der Waals surface area (Å²) in [7, 11) is 0. The number of hydrogen-bond donors (Lipinski definition) is 1. The lowest BCUT2D eigenvalue weighted by Crippen LogP contribution is -2.03. The van der Waals surface area contributed by atoms with E-state index in [2.05, 4.69) is 48.5 Å². The lowest BCUT2D eigenvalue weighted by Gasteiger charge is -2.06. The highest BCUT2D eigenvalue weighted by Crippen LogP contribution is 2.43. The van der Waals surface area contributed by atoms with Crippen molar-refractivity contribution in [2.75, 3.05) is 5.73 Å². The summed E-state index contributed by atoms with van der Waals surface area (Å²) < 4.78 is 2.10. The van der Waals surface area contributed by atoms with Gasteiger partial charge in [0, 0.05) is 5.92 Å². The molecule has 2 N–H and O–H groups in total. The summed E-state index contributed by atoms with van der Waals surface area (Å²) in [6.45, 7) is 0. The maximum Gasteiger partial charge on any atom is 0.171 e. The summed E-state index contributed by atoms with van der Waals surface area (Å²) in [6.07, 6.45) is 2.44. The predicted molar refractivity (Wildman–Crippen MR) is 82.1 cm³/mol. The number of thiophene rings is 1. The van der Waals surface area contributed by atoms with Crippen LogP contribution < -0.4 is 5.73 Å². The molecule has 2 aromatic heterocycles. The van der Waals surface area contributed by atoms with Crippen LogP contribution in [-0.2, 0) is 0 Å². The van der Waals surface area contributed by atoms with Crippen molar-refractivity contribution in [2.24, 2.45) is 0 Å². The van der Waals surface area contributed by atoms with Crippen molar-refractivity contribution in [1.29, 1.82) is 0 Å². The van der Waals surface area contributed by atoms with Gasteiger partial charge in [0.25, 0.3) is 0 Å². The van der Waals surface area contributed by atoms with Gasteiger partial charge in [0.05, 0.1) is 17.9 Å². The number of halogens is 2. The first kappa shape index (κ1) is 11.9. The highest BCUT2D eigenvalue weighted by molar-refractivity contribution is 14.1. The summed E-state index contributed by atoms with van der Waals surface area (Å²) in [5.74, 6) is 1.94. The Balaban J connectivity index is 2.11. The molecule has 3 nitrogen and oxygen atoms in total. The molecule has 0 bridgehead atoms. The normalized spacial score (nSPS) is 15.2. The third kappa shape index (κ3) is 2.34. The van der Waals surface area contributed by atoms with E-state index < -0.39 is 0 Å². The van der Waals surface area contributed by atoms with Crippen molar-refractivity contribution in [3.8, 4) is 10.7 Å². The minimum Gasteiger partial charge on any atom is -0.383 e. The van der Waals surface area contributed by atoms with Crippen LogP contribution in [0.15, 0.2) is 15.9 Å². The maximum absolute atomic E-state index is 5.97. The Morgan fingerprint density at radius 2 is 2.12 bits per heavy atom. The zero-order valence-corrected chi connectivity index (χ0v) is 13.3. The van der Waals surface area contributed by atoms with Crippen molar-refractivity contribution >= 4 is 55.7 Å². The molecule has 0 aliphatic heterocycles. The summed E-state index contributed by atoms with van der Waals surface area (Å²) >= 11 is 7.33. The number of anilines is 1. The van der Waals surface area contributed by atoms with Crippen molar-refractivity contribution in [3.63, 3.8) is 0 Å².